The molecule has 0 spiro atoms. The molecule has 1 saturated carbocycles. The summed E-state index contributed by atoms with van der Waals surface area (Å²) in [7, 11) is 2.03. The molecule has 19 heavy (non-hydrogen) atoms. The van der Waals surface area contributed by atoms with Crippen LogP contribution in [-0.4, -0.2) is 19.2 Å². The molecule has 0 saturated heterocycles. The highest BCUT2D eigenvalue weighted by Gasteiger charge is 2.49. The zero-order valence-electron chi connectivity index (χ0n) is 11.8. The van der Waals surface area contributed by atoms with Crippen molar-refractivity contribution in [2.75, 3.05) is 7.05 Å². The molecule has 1 aliphatic carbocycles. The molecule has 2 nitrogen and oxygen atoms in total. The molecule has 0 aliphatic heterocycles. The third kappa shape index (κ3) is 2.00. The number of rotatable bonds is 3. The van der Waals surface area contributed by atoms with E-state index in [4.69, 9.17) is 4.74 Å². The van der Waals surface area contributed by atoms with Gasteiger partial charge in [0.25, 0.3) is 0 Å². The SMILES string of the molecule is CNC1CC(Oc2cccc3ccccc23)C1(C)C. The van der Waals surface area contributed by atoms with E-state index in [0.717, 1.165) is 12.2 Å². The Kier molecular flexibility index (Phi) is 2.98. The van der Waals surface area contributed by atoms with Crippen LogP contribution in [0.15, 0.2) is 42.5 Å². The van der Waals surface area contributed by atoms with Gasteiger partial charge >= 0.3 is 0 Å². The Bertz CT molecular complexity index is 585. The van der Waals surface area contributed by atoms with E-state index >= 15 is 0 Å². The summed E-state index contributed by atoms with van der Waals surface area (Å²) >= 11 is 0. The molecular weight excluding hydrogens is 234 g/mol. The van der Waals surface area contributed by atoms with Gasteiger partial charge < -0.3 is 10.1 Å². The van der Waals surface area contributed by atoms with Crippen LogP contribution in [0.25, 0.3) is 10.8 Å². The summed E-state index contributed by atoms with van der Waals surface area (Å²) in [5.41, 5.74) is 0.186. The van der Waals surface area contributed by atoms with Crippen LogP contribution in [0.1, 0.15) is 20.3 Å². The zero-order chi connectivity index (χ0) is 13.5. The number of ether oxygens (including phenoxy) is 1. The van der Waals surface area contributed by atoms with Crippen LogP contribution in [0.4, 0.5) is 0 Å². The summed E-state index contributed by atoms with van der Waals surface area (Å²) in [6, 6.07) is 15.2. The third-order valence-electron chi connectivity index (χ3n) is 4.55. The van der Waals surface area contributed by atoms with Crippen molar-refractivity contribution >= 4 is 10.8 Å². The molecule has 0 radical (unpaired) electrons. The Labute approximate surface area is 114 Å². The van der Waals surface area contributed by atoms with Crippen LogP contribution in [0, 0.1) is 5.41 Å². The average molecular weight is 255 g/mol. The van der Waals surface area contributed by atoms with Crippen molar-refractivity contribution in [3.8, 4) is 5.75 Å². The van der Waals surface area contributed by atoms with Gasteiger partial charge in [-0.15, -0.1) is 0 Å². The lowest BCUT2D eigenvalue weighted by molar-refractivity contribution is -0.0512. The maximum absolute atomic E-state index is 6.27. The van der Waals surface area contributed by atoms with E-state index in [-0.39, 0.29) is 11.5 Å². The zero-order valence-corrected chi connectivity index (χ0v) is 11.8. The number of hydrogen-bond donors (Lipinski definition) is 1. The number of hydrogen-bond acceptors (Lipinski definition) is 2. The van der Waals surface area contributed by atoms with Crippen LogP contribution in [0.2, 0.25) is 0 Å². The van der Waals surface area contributed by atoms with Gasteiger partial charge in [-0.1, -0.05) is 50.2 Å². The minimum absolute atomic E-state index is 0.186. The molecule has 1 fully saturated rings. The van der Waals surface area contributed by atoms with Crippen molar-refractivity contribution in [2.45, 2.75) is 32.4 Å². The fraction of sp³-hybridized carbons (Fsp3) is 0.412. The van der Waals surface area contributed by atoms with Gasteiger partial charge in [0.1, 0.15) is 11.9 Å². The highest BCUT2D eigenvalue weighted by Crippen LogP contribution is 2.43. The Morgan fingerprint density at radius 1 is 1.11 bits per heavy atom. The average Bonchev–Trinajstić information content (AvgIpc) is 2.43. The Balaban J connectivity index is 1.87. The van der Waals surface area contributed by atoms with Crippen molar-refractivity contribution in [3.05, 3.63) is 42.5 Å². The summed E-state index contributed by atoms with van der Waals surface area (Å²) in [5.74, 6) is 1.01. The Morgan fingerprint density at radius 2 is 1.84 bits per heavy atom. The second-order valence-corrected chi connectivity index (χ2v) is 5.98. The minimum Gasteiger partial charge on any atom is -0.489 e. The molecule has 3 rings (SSSR count). The summed E-state index contributed by atoms with van der Waals surface area (Å²) < 4.78 is 6.27. The van der Waals surface area contributed by atoms with Gasteiger partial charge in [0.2, 0.25) is 0 Å². The van der Waals surface area contributed by atoms with Gasteiger partial charge in [0.15, 0.2) is 0 Å². The van der Waals surface area contributed by atoms with E-state index in [1.807, 2.05) is 7.05 Å². The monoisotopic (exact) mass is 255 g/mol. The van der Waals surface area contributed by atoms with E-state index < -0.39 is 0 Å². The first-order chi connectivity index (χ1) is 9.13. The molecule has 2 aromatic carbocycles. The number of benzene rings is 2. The Hall–Kier alpha value is -1.54. The first-order valence-corrected chi connectivity index (χ1v) is 6.94. The van der Waals surface area contributed by atoms with Gasteiger partial charge in [-0.25, -0.2) is 0 Å². The number of nitrogens with one attached hydrogen (secondary N) is 1. The lowest BCUT2D eigenvalue weighted by Gasteiger charge is -2.51. The molecule has 2 aromatic rings. The second-order valence-electron chi connectivity index (χ2n) is 5.98. The summed E-state index contributed by atoms with van der Waals surface area (Å²) in [5, 5.41) is 5.81. The molecule has 0 heterocycles. The molecule has 0 aromatic heterocycles. The van der Waals surface area contributed by atoms with Crippen molar-refractivity contribution < 1.29 is 4.74 Å². The van der Waals surface area contributed by atoms with Crippen LogP contribution in [0.5, 0.6) is 5.75 Å². The van der Waals surface area contributed by atoms with E-state index in [0.29, 0.717) is 6.04 Å². The predicted molar refractivity (Wildman–Crippen MR) is 79.6 cm³/mol. The first kappa shape index (κ1) is 12.5. The summed E-state index contributed by atoms with van der Waals surface area (Å²) in [6.07, 6.45) is 1.36. The quantitative estimate of drug-likeness (QED) is 0.904. The van der Waals surface area contributed by atoms with Gasteiger partial charge in [-0.05, 0) is 18.5 Å². The second kappa shape index (κ2) is 4.53. The van der Waals surface area contributed by atoms with Gasteiger partial charge in [0, 0.05) is 23.3 Å². The van der Waals surface area contributed by atoms with Crippen molar-refractivity contribution in [1.29, 1.82) is 0 Å². The Morgan fingerprint density at radius 3 is 2.58 bits per heavy atom. The lowest BCUT2D eigenvalue weighted by atomic mass is 9.64. The lowest BCUT2D eigenvalue weighted by Crippen LogP contribution is -2.61. The molecule has 2 unspecified atom stereocenters. The van der Waals surface area contributed by atoms with Crippen molar-refractivity contribution in [2.24, 2.45) is 5.41 Å². The maximum atomic E-state index is 6.27. The standard InChI is InChI=1S/C17H21NO/c1-17(2)15(18-3)11-16(17)19-14-10-6-8-12-7-4-5-9-13(12)14/h4-10,15-16,18H,11H2,1-3H3. The fourth-order valence-corrected chi connectivity index (χ4v) is 3.03. The smallest absolute Gasteiger partial charge is 0.127 e. The largest absolute Gasteiger partial charge is 0.489 e. The van der Waals surface area contributed by atoms with E-state index in [2.05, 4.69) is 61.6 Å². The molecule has 1 aliphatic rings. The molecule has 1 N–H and O–H groups in total. The van der Waals surface area contributed by atoms with E-state index in [9.17, 15) is 0 Å². The molecule has 0 amide bonds. The van der Waals surface area contributed by atoms with Crippen LogP contribution < -0.4 is 10.1 Å². The molecular formula is C17H21NO. The highest BCUT2D eigenvalue weighted by atomic mass is 16.5. The van der Waals surface area contributed by atoms with Crippen molar-refractivity contribution in [3.63, 3.8) is 0 Å². The van der Waals surface area contributed by atoms with Crippen LogP contribution in [-0.2, 0) is 0 Å². The predicted octanol–water partition coefficient (Wildman–Crippen LogP) is 3.61. The summed E-state index contributed by atoms with van der Waals surface area (Å²) in [4.78, 5) is 0. The molecule has 2 atom stereocenters. The molecule has 100 valence electrons. The van der Waals surface area contributed by atoms with E-state index in [1.54, 1.807) is 0 Å². The topological polar surface area (TPSA) is 21.3 Å². The van der Waals surface area contributed by atoms with Crippen LogP contribution in [0.3, 0.4) is 0 Å². The third-order valence-corrected chi connectivity index (χ3v) is 4.55. The summed E-state index contributed by atoms with van der Waals surface area (Å²) in [6.45, 7) is 4.54. The normalized spacial score (nSPS) is 25.0. The number of fused-ring (bicyclic) bond motifs is 1. The minimum atomic E-state index is 0.186. The fourth-order valence-electron chi connectivity index (χ4n) is 3.03. The van der Waals surface area contributed by atoms with Crippen LogP contribution >= 0.6 is 0 Å². The van der Waals surface area contributed by atoms with Gasteiger partial charge in [-0.2, -0.15) is 0 Å². The van der Waals surface area contributed by atoms with Gasteiger partial charge in [0.05, 0.1) is 0 Å². The maximum Gasteiger partial charge on any atom is 0.127 e. The molecule has 2 heteroatoms. The van der Waals surface area contributed by atoms with E-state index in [1.165, 1.54) is 10.8 Å². The molecule has 0 bridgehead atoms. The first-order valence-electron chi connectivity index (χ1n) is 6.94. The van der Waals surface area contributed by atoms with Gasteiger partial charge in [-0.3, -0.25) is 0 Å². The van der Waals surface area contributed by atoms with Crippen molar-refractivity contribution in [1.82, 2.24) is 5.32 Å². The highest BCUT2D eigenvalue weighted by molar-refractivity contribution is 5.88.